The van der Waals surface area contributed by atoms with E-state index in [9.17, 15) is 4.39 Å². The summed E-state index contributed by atoms with van der Waals surface area (Å²) < 4.78 is 19.7. The molecule has 4 heteroatoms. The predicted octanol–water partition coefficient (Wildman–Crippen LogP) is 4.06. The highest BCUT2D eigenvalue weighted by atomic mass is 79.9. The highest BCUT2D eigenvalue weighted by molar-refractivity contribution is 9.10. The van der Waals surface area contributed by atoms with Gasteiger partial charge in [-0.3, -0.25) is 0 Å². The smallest absolute Gasteiger partial charge is 0.138 e. The van der Waals surface area contributed by atoms with Crippen LogP contribution in [0.25, 0.3) is 0 Å². The van der Waals surface area contributed by atoms with E-state index in [0.717, 1.165) is 10.0 Å². The molecule has 100 valence electrons. The van der Waals surface area contributed by atoms with E-state index in [-0.39, 0.29) is 18.0 Å². The zero-order chi connectivity index (χ0) is 13.8. The van der Waals surface area contributed by atoms with Gasteiger partial charge in [0.05, 0.1) is 0 Å². The van der Waals surface area contributed by atoms with Gasteiger partial charge in [-0.15, -0.1) is 0 Å². The molecule has 0 spiro atoms. The molecule has 2 unspecified atom stereocenters. The molecule has 0 aliphatic heterocycles. The van der Waals surface area contributed by atoms with E-state index >= 15 is 0 Å². The van der Waals surface area contributed by atoms with Crippen molar-refractivity contribution in [2.45, 2.75) is 19.1 Å². The quantitative estimate of drug-likeness (QED) is 0.921. The van der Waals surface area contributed by atoms with Crippen LogP contribution in [-0.2, 0) is 0 Å². The average Bonchev–Trinajstić information content (AvgIpc) is 2.39. The molecule has 0 saturated carbocycles. The van der Waals surface area contributed by atoms with Gasteiger partial charge >= 0.3 is 0 Å². The third-order valence-electron chi connectivity index (χ3n) is 2.75. The second-order valence-corrected chi connectivity index (χ2v) is 5.32. The highest BCUT2D eigenvalue weighted by Crippen LogP contribution is 2.25. The van der Waals surface area contributed by atoms with Crippen LogP contribution in [-0.4, -0.2) is 6.04 Å². The molecule has 2 atom stereocenters. The molecular formula is C15H15BrFNO. The maximum Gasteiger partial charge on any atom is 0.138 e. The summed E-state index contributed by atoms with van der Waals surface area (Å²) in [6.45, 7) is 1.89. The van der Waals surface area contributed by atoms with Crippen LogP contribution >= 0.6 is 15.9 Å². The Bertz CT molecular complexity index is 525. The monoisotopic (exact) mass is 323 g/mol. The van der Waals surface area contributed by atoms with Crippen molar-refractivity contribution >= 4 is 15.9 Å². The number of hydrogen-bond donors (Lipinski definition) is 1. The first kappa shape index (κ1) is 14.0. The van der Waals surface area contributed by atoms with Crippen molar-refractivity contribution in [3.8, 4) is 5.75 Å². The van der Waals surface area contributed by atoms with E-state index in [2.05, 4.69) is 15.9 Å². The molecule has 2 aromatic rings. The van der Waals surface area contributed by atoms with Crippen molar-refractivity contribution in [1.29, 1.82) is 0 Å². The van der Waals surface area contributed by atoms with Gasteiger partial charge in [-0.2, -0.15) is 0 Å². The number of nitrogens with two attached hydrogens (primary N) is 1. The molecule has 0 aliphatic rings. The summed E-state index contributed by atoms with van der Waals surface area (Å²) in [5.41, 5.74) is 6.96. The summed E-state index contributed by atoms with van der Waals surface area (Å²) in [6, 6.07) is 13.6. The predicted molar refractivity (Wildman–Crippen MR) is 77.6 cm³/mol. The Balaban J connectivity index is 2.21. The summed E-state index contributed by atoms with van der Waals surface area (Å²) in [6.07, 6.45) is -0.265. The molecule has 2 rings (SSSR count). The van der Waals surface area contributed by atoms with Gasteiger partial charge in [0.15, 0.2) is 0 Å². The molecule has 0 aliphatic carbocycles. The van der Waals surface area contributed by atoms with Gasteiger partial charge in [-0.05, 0) is 48.9 Å². The van der Waals surface area contributed by atoms with Crippen LogP contribution in [0.3, 0.4) is 0 Å². The van der Waals surface area contributed by atoms with Gasteiger partial charge in [0.25, 0.3) is 0 Å². The molecule has 0 fully saturated rings. The van der Waals surface area contributed by atoms with E-state index in [1.165, 1.54) is 12.1 Å². The van der Waals surface area contributed by atoms with Crippen molar-refractivity contribution in [1.82, 2.24) is 0 Å². The van der Waals surface area contributed by atoms with E-state index in [1.54, 1.807) is 12.1 Å². The van der Waals surface area contributed by atoms with Crippen LogP contribution in [0.4, 0.5) is 4.39 Å². The second kappa shape index (κ2) is 6.17. The normalized spacial score (nSPS) is 13.9. The van der Waals surface area contributed by atoms with Crippen molar-refractivity contribution in [2.75, 3.05) is 0 Å². The van der Waals surface area contributed by atoms with Crippen molar-refractivity contribution < 1.29 is 9.13 Å². The molecule has 0 saturated heterocycles. The maximum atomic E-state index is 12.9. The van der Waals surface area contributed by atoms with Crippen LogP contribution < -0.4 is 10.5 Å². The van der Waals surface area contributed by atoms with Gasteiger partial charge in [0.1, 0.15) is 17.7 Å². The minimum absolute atomic E-state index is 0.175. The summed E-state index contributed by atoms with van der Waals surface area (Å²) in [5, 5.41) is 0. The maximum absolute atomic E-state index is 12.9. The van der Waals surface area contributed by atoms with Gasteiger partial charge in [0, 0.05) is 10.5 Å². The van der Waals surface area contributed by atoms with Crippen molar-refractivity contribution in [3.05, 3.63) is 64.4 Å². The fourth-order valence-electron chi connectivity index (χ4n) is 1.79. The van der Waals surface area contributed by atoms with Gasteiger partial charge in [-0.1, -0.05) is 28.1 Å². The molecule has 2 nitrogen and oxygen atoms in total. The van der Waals surface area contributed by atoms with Crippen LogP contribution in [0.5, 0.6) is 5.75 Å². The molecule has 0 radical (unpaired) electrons. The lowest BCUT2D eigenvalue weighted by Crippen LogP contribution is -2.29. The summed E-state index contributed by atoms with van der Waals surface area (Å²) in [5.74, 6) is 0.319. The van der Waals surface area contributed by atoms with Crippen molar-refractivity contribution in [3.63, 3.8) is 0 Å². The molecule has 0 amide bonds. The third kappa shape index (κ3) is 3.78. The lowest BCUT2D eigenvalue weighted by atomic mass is 10.0. The number of hydrogen-bond acceptors (Lipinski definition) is 2. The lowest BCUT2D eigenvalue weighted by molar-refractivity contribution is 0.180. The number of benzene rings is 2. The van der Waals surface area contributed by atoms with Crippen molar-refractivity contribution in [2.24, 2.45) is 5.73 Å². The number of ether oxygens (including phenoxy) is 1. The Kier molecular flexibility index (Phi) is 4.56. The third-order valence-corrected chi connectivity index (χ3v) is 3.28. The Morgan fingerprint density at radius 3 is 2.16 bits per heavy atom. The highest BCUT2D eigenvalue weighted by Gasteiger charge is 2.18. The van der Waals surface area contributed by atoms with Gasteiger partial charge < -0.3 is 10.5 Å². The standard InChI is InChI=1S/C15H15BrFNO/c1-10(18)15(11-2-4-12(16)5-3-11)19-14-8-6-13(17)7-9-14/h2-10,15H,18H2,1H3. The fraction of sp³-hybridized carbons (Fsp3) is 0.200. The van der Waals surface area contributed by atoms with Crippen LogP contribution in [0, 0.1) is 5.82 Å². The lowest BCUT2D eigenvalue weighted by Gasteiger charge is -2.23. The zero-order valence-electron chi connectivity index (χ0n) is 10.5. The van der Waals surface area contributed by atoms with Crippen LogP contribution in [0.2, 0.25) is 0 Å². The minimum atomic E-state index is -0.284. The van der Waals surface area contributed by atoms with Gasteiger partial charge in [0.2, 0.25) is 0 Å². The molecule has 2 N–H and O–H groups in total. The van der Waals surface area contributed by atoms with E-state index < -0.39 is 0 Å². The Labute approximate surface area is 120 Å². The fourth-order valence-corrected chi connectivity index (χ4v) is 2.06. The first-order valence-electron chi connectivity index (χ1n) is 5.99. The van der Waals surface area contributed by atoms with E-state index in [0.29, 0.717) is 5.75 Å². The molecule has 2 aromatic carbocycles. The average molecular weight is 324 g/mol. The Hall–Kier alpha value is -1.39. The molecule has 0 heterocycles. The number of rotatable bonds is 4. The molecule has 19 heavy (non-hydrogen) atoms. The Morgan fingerprint density at radius 2 is 1.63 bits per heavy atom. The Morgan fingerprint density at radius 1 is 1.05 bits per heavy atom. The minimum Gasteiger partial charge on any atom is -0.484 e. The summed E-state index contributed by atoms with van der Waals surface area (Å²) in [7, 11) is 0. The van der Waals surface area contributed by atoms with Gasteiger partial charge in [-0.25, -0.2) is 4.39 Å². The summed E-state index contributed by atoms with van der Waals surface area (Å²) in [4.78, 5) is 0. The van der Waals surface area contributed by atoms with Crippen LogP contribution in [0.15, 0.2) is 53.0 Å². The molecule has 0 aromatic heterocycles. The number of halogens is 2. The first-order chi connectivity index (χ1) is 9.06. The van der Waals surface area contributed by atoms with E-state index in [1.807, 2.05) is 31.2 Å². The topological polar surface area (TPSA) is 35.2 Å². The zero-order valence-corrected chi connectivity index (χ0v) is 12.1. The first-order valence-corrected chi connectivity index (χ1v) is 6.79. The SMILES string of the molecule is CC(N)C(Oc1ccc(F)cc1)c1ccc(Br)cc1. The molecular weight excluding hydrogens is 309 g/mol. The van der Waals surface area contributed by atoms with Crippen LogP contribution in [0.1, 0.15) is 18.6 Å². The summed E-state index contributed by atoms with van der Waals surface area (Å²) >= 11 is 3.39. The second-order valence-electron chi connectivity index (χ2n) is 4.40. The molecule has 0 bridgehead atoms. The van der Waals surface area contributed by atoms with E-state index in [4.69, 9.17) is 10.5 Å². The largest absolute Gasteiger partial charge is 0.484 e.